The smallest absolute Gasteiger partial charge is 0.330 e. The lowest BCUT2D eigenvalue weighted by atomic mass is 9.87. The molecule has 0 aromatic rings. The van der Waals surface area contributed by atoms with Crippen molar-refractivity contribution in [2.24, 2.45) is 5.41 Å². The van der Waals surface area contributed by atoms with Crippen molar-refractivity contribution in [3.8, 4) is 0 Å². The van der Waals surface area contributed by atoms with Gasteiger partial charge in [0.2, 0.25) is 0 Å². The van der Waals surface area contributed by atoms with Gasteiger partial charge in [0, 0.05) is 6.08 Å². The van der Waals surface area contributed by atoms with Crippen molar-refractivity contribution in [3.05, 3.63) is 12.7 Å². The average Bonchev–Trinajstić information content (AvgIpc) is 2.28. The summed E-state index contributed by atoms with van der Waals surface area (Å²) in [7, 11) is 0. The maximum atomic E-state index is 11.0. The van der Waals surface area contributed by atoms with Gasteiger partial charge in [0.05, 0.1) is 18.6 Å². The zero-order valence-electron chi connectivity index (χ0n) is 9.32. The number of hydrogen-bond donors (Lipinski definition) is 0. The minimum Gasteiger partial charge on any atom is -0.462 e. The van der Waals surface area contributed by atoms with Crippen molar-refractivity contribution >= 4 is 5.97 Å². The van der Waals surface area contributed by atoms with E-state index in [1.54, 1.807) is 0 Å². The predicted molar refractivity (Wildman–Crippen MR) is 55.2 cm³/mol. The molecule has 0 N–H and O–H groups in total. The highest BCUT2D eigenvalue weighted by Crippen LogP contribution is 2.28. The fraction of sp³-hybridized carbons (Fsp3) is 0.727. The molecule has 1 heterocycles. The molecule has 0 radical (unpaired) electrons. The largest absolute Gasteiger partial charge is 0.462 e. The molecule has 4 heteroatoms. The molecule has 0 aromatic heterocycles. The lowest BCUT2D eigenvalue weighted by Crippen LogP contribution is -2.44. The molecular weight excluding hydrogens is 196 g/mol. The van der Waals surface area contributed by atoms with E-state index in [-0.39, 0.29) is 11.7 Å². The molecule has 0 spiro atoms. The number of rotatable bonds is 4. The number of carbonyl (C=O) groups is 1. The molecule has 86 valence electrons. The molecule has 0 aliphatic carbocycles. The Bertz CT molecular complexity index is 229. The van der Waals surface area contributed by atoms with E-state index in [0.717, 1.165) is 12.5 Å². The first-order chi connectivity index (χ1) is 7.12. The van der Waals surface area contributed by atoms with Crippen LogP contribution in [0.2, 0.25) is 0 Å². The lowest BCUT2D eigenvalue weighted by Gasteiger charge is -2.37. The summed E-state index contributed by atoms with van der Waals surface area (Å²) in [6.45, 7) is 8.69. The van der Waals surface area contributed by atoms with Crippen molar-refractivity contribution < 1.29 is 19.0 Å². The Hall–Kier alpha value is -0.870. The van der Waals surface area contributed by atoms with Gasteiger partial charge in [0.25, 0.3) is 0 Å². The van der Waals surface area contributed by atoms with Crippen molar-refractivity contribution in [2.75, 3.05) is 19.8 Å². The van der Waals surface area contributed by atoms with E-state index in [9.17, 15) is 4.79 Å². The summed E-state index contributed by atoms with van der Waals surface area (Å²) in [5.41, 5.74) is -0.203. The summed E-state index contributed by atoms with van der Waals surface area (Å²) in [5.74, 6) is -0.401. The second kappa shape index (κ2) is 5.28. The van der Waals surface area contributed by atoms with Crippen LogP contribution in [-0.4, -0.2) is 32.1 Å². The van der Waals surface area contributed by atoms with E-state index in [1.807, 2.05) is 13.8 Å². The third kappa shape index (κ3) is 3.32. The number of carbonyl (C=O) groups excluding carboxylic acids is 1. The lowest BCUT2D eigenvalue weighted by molar-refractivity contribution is -0.231. The fourth-order valence-electron chi connectivity index (χ4n) is 1.35. The van der Waals surface area contributed by atoms with Crippen molar-refractivity contribution in [1.29, 1.82) is 0 Å². The highest BCUT2D eigenvalue weighted by molar-refractivity contribution is 5.81. The van der Waals surface area contributed by atoms with Crippen LogP contribution in [0.1, 0.15) is 20.3 Å². The van der Waals surface area contributed by atoms with Gasteiger partial charge in [0.1, 0.15) is 6.61 Å². The Balaban J connectivity index is 2.46. The monoisotopic (exact) mass is 214 g/mol. The van der Waals surface area contributed by atoms with Crippen LogP contribution in [0.4, 0.5) is 0 Å². The molecule has 0 aromatic carbocycles. The van der Waals surface area contributed by atoms with Crippen LogP contribution < -0.4 is 0 Å². The molecule has 1 saturated heterocycles. The number of ether oxygens (including phenoxy) is 3. The molecule has 0 unspecified atom stereocenters. The molecule has 4 nitrogen and oxygen atoms in total. The summed E-state index contributed by atoms with van der Waals surface area (Å²) >= 11 is 0. The first kappa shape index (κ1) is 12.2. The minimum absolute atomic E-state index is 0.167. The average molecular weight is 214 g/mol. The maximum Gasteiger partial charge on any atom is 0.330 e. The third-order valence-electron chi connectivity index (χ3n) is 2.69. The Morgan fingerprint density at radius 1 is 1.60 bits per heavy atom. The van der Waals surface area contributed by atoms with Crippen LogP contribution in [-0.2, 0) is 19.0 Å². The normalized spacial score (nSPS) is 30.9. The molecule has 0 bridgehead atoms. The molecule has 1 aliphatic rings. The molecule has 1 fully saturated rings. The van der Waals surface area contributed by atoms with Gasteiger partial charge in [-0.1, -0.05) is 13.5 Å². The van der Waals surface area contributed by atoms with E-state index < -0.39 is 5.97 Å². The highest BCUT2D eigenvalue weighted by Gasteiger charge is 2.35. The molecule has 15 heavy (non-hydrogen) atoms. The summed E-state index contributed by atoms with van der Waals surface area (Å²) in [4.78, 5) is 11.0. The van der Waals surface area contributed by atoms with Crippen LogP contribution in [0.3, 0.4) is 0 Å². The standard InChI is InChI=1S/C11H18O4/c1-4-10(12)15-8-11(5-2)6-13-9(3)14-7-11/h4,9H,1,5-8H2,2-3H3. The minimum atomic E-state index is -0.401. The summed E-state index contributed by atoms with van der Waals surface area (Å²) < 4.78 is 15.9. The third-order valence-corrected chi connectivity index (χ3v) is 2.69. The molecule has 1 rings (SSSR count). The van der Waals surface area contributed by atoms with E-state index >= 15 is 0 Å². The van der Waals surface area contributed by atoms with E-state index in [2.05, 4.69) is 6.58 Å². The highest BCUT2D eigenvalue weighted by atomic mass is 16.7. The van der Waals surface area contributed by atoms with Gasteiger partial charge in [-0.25, -0.2) is 4.79 Å². The number of esters is 1. The van der Waals surface area contributed by atoms with E-state index in [0.29, 0.717) is 19.8 Å². The zero-order valence-corrected chi connectivity index (χ0v) is 9.32. The van der Waals surface area contributed by atoms with E-state index in [4.69, 9.17) is 14.2 Å². The van der Waals surface area contributed by atoms with Gasteiger partial charge in [-0.2, -0.15) is 0 Å². The number of hydrogen-bond acceptors (Lipinski definition) is 4. The van der Waals surface area contributed by atoms with Crippen molar-refractivity contribution in [3.63, 3.8) is 0 Å². The fourth-order valence-corrected chi connectivity index (χ4v) is 1.35. The maximum absolute atomic E-state index is 11.0. The van der Waals surface area contributed by atoms with Crippen LogP contribution in [0.5, 0.6) is 0 Å². The topological polar surface area (TPSA) is 44.8 Å². The van der Waals surface area contributed by atoms with Crippen molar-refractivity contribution in [1.82, 2.24) is 0 Å². The Kier molecular flexibility index (Phi) is 4.29. The summed E-state index contributed by atoms with van der Waals surface area (Å²) in [5, 5.41) is 0. The molecule has 1 aliphatic heterocycles. The SMILES string of the molecule is C=CC(=O)OCC1(CC)COC(C)OC1. The Morgan fingerprint density at radius 3 is 2.67 bits per heavy atom. The second-order valence-corrected chi connectivity index (χ2v) is 3.86. The first-order valence-electron chi connectivity index (χ1n) is 5.14. The van der Waals surface area contributed by atoms with Crippen LogP contribution in [0.25, 0.3) is 0 Å². The van der Waals surface area contributed by atoms with Crippen LogP contribution in [0.15, 0.2) is 12.7 Å². The summed E-state index contributed by atoms with van der Waals surface area (Å²) in [6, 6.07) is 0. The predicted octanol–water partition coefficient (Wildman–Crippen LogP) is 1.50. The van der Waals surface area contributed by atoms with Crippen LogP contribution >= 0.6 is 0 Å². The van der Waals surface area contributed by atoms with Gasteiger partial charge in [0.15, 0.2) is 6.29 Å². The van der Waals surface area contributed by atoms with Gasteiger partial charge >= 0.3 is 5.97 Å². The summed E-state index contributed by atoms with van der Waals surface area (Å²) in [6.07, 6.45) is 1.85. The zero-order chi connectivity index (χ0) is 11.3. The molecule has 0 amide bonds. The van der Waals surface area contributed by atoms with Gasteiger partial charge < -0.3 is 14.2 Å². The van der Waals surface area contributed by atoms with Gasteiger partial charge in [-0.15, -0.1) is 0 Å². The molecule has 0 saturated carbocycles. The van der Waals surface area contributed by atoms with E-state index in [1.165, 1.54) is 0 Å². The second-order valence-electron chi connectivity index (χ2n) is 3.86. The molecule has 0 atom stereocenters. The van der Waals surface area contributed by atoms with Crippen molar-refractivity contribution in [2.45, 2.75) is 26.6 Å². The molecular formula is C11H18O4. The van der Waals surface area contributed by atoms with Crippen LogP contribution in [0, 0.1) is 5.41 Å². The Labute approximate surface area is 90.2 Å². The Morgan fingerprint density at radius 2 is 2.20 bits per heavy atom. The first-order valence-corrected chi connectivity index (χ1v) is 5.14. The van der Waals surface area contributed by atoms with Gasteiger partial charge in [-0.05, 0) is 13.3 Å². The quantitative estimate of drug-likeness (QED) is 0.525. The van der Waals surface area contributed by atoms with Gasteiger partial charge in [-0.3, -0.25) is 0 Å².